The molecule has 0 aliphatic heterocycles. The van der Waals surface area contributed by atoms with E-state index in [0.717, 1.165) is 22.3 Å². The number of aryl methyl sites for hydroxylation is 2. The van der Waals surface area contributed by atoms with Crippen molar-refractivity contribution in [2.24, 2.45) is 7.05 Å². The Labute approximate surface area is 190 Å². The van der Waals surface area contributed by atoms with Crippen LogP contribution in [0.5, 0.6) is 6.01 Å². The molecule has 5 heterocycles. The van der Waals surface area contributed by atoms with Crippen molar-refractivity contribution in [3.63, 3.8) is 0 Å². The zero-order valence-electron chi connectivity index (χ0n) is 19.1. The first kappa shape index (κ1) is 20.6. The molecule has 0 bridgehead atoms. The number of nitrogens with one attached hydrogen (secondary N) is 1. The summed E-state index contributed by atoms with van der Waals surface area (Å²) in [5.74, 6) is 2.28. The summed E-state index contributed by atoms with van der Waals surface area (Å²) in [5.41, 5.74) is 3.67. The van der Waals surface area contributed by atoms with Crippen molar-refractivity contribution in [3.8, 4) is 28.9 Å². The van der Waals surface area contributed by atoms with Crippen LogP contribution in [0.15, 0.2) is 43.1 Å². The van der Waals surface area contributed by atoms with E-state index in [0.29, 0.717) is 23.3 Å². The number of imidazole rings is 1. The van der Waals surface area contributed by atoms with Crippen LogP contribution < -0.4 is 10.1 Å². The van der Waals surface area contributed by atoms with E-state index in [1.54, 1.807) is 18.5 Å². The second-order valence-corrected chi connectivity index (χ2v) is 7.94. The quantitative estimate of drug-likeness (QED) is 0.424. The van der Waals surface area contributed by atoms with E-state index in [-0.39, 0.29) is 12.1 Å². The van der Waals surface area contributed by atoms with Gasteiger partial charge < -0.3 is 14.6 Å². The summed E-state index contributed by atoms with van der Waals surface area (Å²) < 4.78 is 10.8. The monoisotopic (exact) mass is 444 g/mol. The largest absolute Gasteiger partial charge is 0.467 e. The van der Waals surface area contributed by atoms with Crippen LogP contribution in [0.1, 0.15) is 25.5 Å². The minimum atomic E-state index is 0.265. The lowest BCUT2D eigenvalue weighted by atomic mass is 10.1. The molecule has 0 saturated heterocycles. The van der Waals surface area contributed by atoms with Crippen LogP contribution in [-0.2, 0) is 7.05 Å². The number of hydrogen-bond donors (Lipinski definition) is 1. The van der Waals surface area contributed by atoms with E-state index in [1.807, 2.05) is 52.4 Å². The molecule has 33 heavy (non-hydrogen) atoms. The highest BCUT2D eigenvalue weighted by molar-refractivity contribution is 5.84. The Kier molecular flexibility index (Phi) is 5.00. The molecule has 168 valence electrons. The van der Waals surface area contributed by atoms with Crippen molar-refractivity contribution in [1.82, 2.24) is 43.9 Å². The normalized spacial score (nSPS) is 11.5. The minimum Gasteiger partial charge on any atom is -0.467 e. The molecule has 0 unspecified atom stereocenters. The molecule has 0 aliphatic carbocycles. The van der Waals surface area contributed by atoms with E-state index in [4.69, 9.17) is 19.9 Å². The summed E-state index contributed by atoms with van der Waals surface area (Å²) in [6, 6.07) is 4.31. The summed E-state index contributed by atoms with van der Waals surface area (Å²) in [6.45, 7) is 6.24. The third-order valence-corrected chi connectivity index (χ3v) is 5.38. The van der Waals surface area contributed by atoms with Gasteiger partial charge in [-0.15, -0.1) is 5.10 Å². The molecular weight excluding hydrogens is 420 g/mol. The Hall–Kier alpha value is -4.28. The van der Waals surface area contributed by atoms with Crippen LogP contribution in [0.3, 0.4) is 0 Å². The number of hydrogen-bond acceptors (Lipinski definition) is 8. The van der Waals surface area contributed by atoms with Crippen LogP contribution in [0.4, 0.5) is 11.6 Å². The lowest BCUT2D eigenvalue weighted by molar-refractivity contribution is 0.380. The Morgan fingerprint density at radius 3 is 2.58 bits per heavy atom. The van der Waals surface area contributed by atoms with E-state index in [9.17, 15) is 0 Å². The van der Waals surface area contributed by atoms with Gasteiger partial charge in [-0.1, -0.05) is 0 Å². The molecule has 5 rings (SSSR count). The Morgan fingerprint density at radius 1 is 1.03 bits per heavy atom. The van der Waals surface area contributed by atoms with E-state index < -0.39 is 0 Å². The van der Waals surface area contributed by atoms with Gasteiger partial charge >= 0.3 is 6.01 Å². The van der Waals surface area contributed by atoms with Gasteiger partial charge in [-0.05, 0) is 38.5 Å². The van der Waals surface area contributed by atoms with Crippen molar-refractivity contribution < 1.29 is 4.74 Å². The first-order chi connectivity index (χ1) is 15.9. The van der Waals surface area contributed by atoms with Crippen molar-refractivity contribution in [2.75, 3.05) is 12.4 Å². The van der Waals surface area contributed by atoms with Crippen molar-refractivity contribution in [3.05, 3.63) is 48.7 Å². The Morgan fingerprint density at radius 2 is 1.88 bits per heavy atom. The van der Waals surface area contributed by atoms with Crippen LogP contribution in [-0.4, -0.2) is 51.0 Å². The zero-order chi connectivity index (χ0) is 23.1. The van der Waals surface area contributed by atoms with Crippen LogP contribution in [0, 0.1) is 6.92 Å². The molecule has 5 aromatic heterocycles. The molecule has 1 N–H and O–H groups in total. The smallest absolute Gasteiger partial charge is 0.318 e. The van der Waals surface area contributed by atoms with Gasteiger partial charge in [0.25, 0.3) is 0 Å². The SMILES string of the molecule is COc1nccc(Nc2nc(-c3nccn3C)nn3cc(-c4ccn(C(C)C)n4)c(C)c23)n1. The van der Waals surface area contributed by atoms with Gasteiger partial charge in [-0.3, -0.25) is 4.68 Å². The molecule has 11 nitrogen and oxygen atoms in total. The fourth-order valence-corrected chi connectivity index (χ4v) is 3.65. The Balaban J connectivity index is 1.69. The molecule has 0 atom stereocenters. The molecule has 0 radical (unpaired) electrons. The van der Waals surface area contributed by atoms with Gasteiger partial charge in [0.1, 0.15) is 11.3 Å². The summed E-state index contributed by atoms with van der Waals surface area (Å²) in [6.07, 6.45) is 9.16. The highest BCUT2D eigenvalue weighted by Gasteiger charge is 2.20. The van der Waals surface area contributed by atoms with E-state index >= 15 is 0 Å². The first-order valence-corrected chi connectivity index (χ1v) is 10.5. The van der Waals surface area contributed by atoms with Crippen molar-refractivity contribution in [2.45, 2.75) is 26.8 Å². The summed E-state index contributed by atoms with van der Waals surface area (Å²) in [7, 11) is 3.43. The van der Waals surface area contributed by atoms with Crippen LogP contribution >= 0.6 is 0 Å². The minimum absolute atomic E-state index is 0.265. The highest BCUT2D eigenvalue weighted by atomic mass is 16.5. The highest BCUT2D eigenvalue weighted by Crippen LogP contribution is 2.32. The molecule has 0 fully saturated rings. The maximum Gasteiger partial charge on any atom is 0.318 e. The van der Waals surface area contributed by atoms with E-state index in [2.05, 4.69) is 34.1 Å². The van der Waals surface area contributed by atoms with Crippen LogP contribution in [0.2, 0.25) is 0 Å². The lowest BCUT2D eigenvalue weighted by Gasteiger charge is -2.10. The number of aromatic nitrogens is 9. The van der Waals surface area contributed by atoms with Crippen molar-refractivity contribution >= 4 is 17.2 Å². The van der Waals surface area contributed by atoms with Gasteiger partial charge in [0.05, 0.1) is 12.8 Å². The maximum absolute atomic E-state index is 5.16. The fraction of sp³-hybridized carbons (Fsp3) is 0.273. The first-order valence-electron chi connectivity index (χ1n) is 10.5. The average Bonchev–Trinajstić information content (AvgIpc) is 3.52. The topological polar surface area (TPSA) is 113 Å². The number of nitrogens with zero attached hydrogens (tertiary/aromatic N) is 9. The molecule has 11 heteroatoms. The Bertz CT molecular complexity index is 1440. The van der Waals surface area contributed by atoms with Crippen molar-refractivity contribution in [1.29, 1.82) is 0 Å². The number of methoxy groups -OCH3 is 1. The molecule has 0 amide bonds. The average molecular weight is 445 g/mol. The molecule has 0 spiro atoms. The molecule has 5 aromatic rings. The predicted octanol–water partition coefficient (Wildman–Crippen LogP) is 3.42. The number of fused-ring (bicyclic) bond motifs is 1. The molecule has 0 aliphatic rings. The number of anilines is 2. The van der Waals surface area contributed by atoms with E-state index in [1.165, 1.54) is 7.11 Å². The predicted molar refractivity (Wildman–Crippen MR) is 123 cm³/mol. The maximum atomic E-state index is 5.16. The van der Waals surface area contributed by atoms with Gasteiger partial charge in [-0.2, -0.15) is 10.1 Å². The lowest BCUT2D eigenvalue weighted by Crippen LogP contribution is -2.07. The second-order valence-electron chi connectivity index (χ2n) is 7.94. The standard InChI is InChI=1S/C22H24N10O/c1-13(2)31-10-7-16(28-31)15-12-32-18(14(15)3)19(25-17-6-8-24-22(26-17)33-5)27-20(29-32)21-23-9-11-30(21)4/h6-13H,1-5H3,(H,24,25,26,27,29). The molecule has 0 aromatic carbocycles. The van der Waals surface area contributed by atoms with Gasteiger partial charge in [-0.25, -0.2) is 19.5 Å². The third-order valence-electron chi connectivity index (χ3n) is 5.38. The van der Waals surface area contributed by atoms with Crippen LogP contribution in [0.25, 0.3) is 28.4 Å². The fourth-order valence-electron chi connectivity index (χ4n) is 3.65. The molecular formula is C22H24N10O. The number of rotatable bonds is 6. The zero-order valence-corrected chi connectivity index (χ0v) is 19.1. The summed E-state index contributed by atoms with van der Waals surface area (Å²) in [4.78, 5) is 17.7. The van der Waals surface area contributed by atoms with Gasteiger partial charge in [0.15, 0.2) is 11.6 Å². The third kappa shape index (κ3) is 3.67. The summed E-state index contributed by atoms with van der Waals surface area (Å²) in [5, 5.41) is 12.8. The van der Waals surface area contributed by atoms with Gasteiger partial charge in [0, 0.05) is 49.6 Å². The number of ether oxygens (including phenoxy) is 1. The second kappa shape index (κ2) is 8.01. The summed E-state index contributed by atoms with van der Waals surface area (Å²) >= 11 is 0. The molecule has 0 saturated carbocycles. The van der Waals surface area contributed by atoms with Gasteiger partial charge in [0.2, 0.25) is 5.82 Å².